The fourth-order valence-corrected chi connectivity index (χ4v) is 3.55. The summed E-state index contributed by atoms with van der Waals surface area (Å²) in [6, 6.07) is 4.43. The molecular formula is C14H17FN2O2. The molecule has 3 rings (SSSR count). The SMILES string of the molecule is O=C(O)N[C@@H]1c2cc(F)ccc2CC12CCNCC2. The lowest BCUT2D eigenvalue weighted by atomic mass is 9.73. The number of benzene rings is 1. The van der Waals surface area contributed by atoms with E-state index >= 15 is 0 Å². The van der Waals surface area contributed by atoms with Gasteiger partial charge in [-0.1, -0.05) is 6.07 Å². The van der Waals surface area contributed by atoms with Crippen molar-refractivity contribution in [3.8, 4) is 0 Å². The van der Waals surface area contributed by atoms with Crippen LogP contribution < -0.4 is 10.6 Å². The third-order valence-corrected chi connectivity index (χ3v) is 4.44. The van der Waals surface area contributed by atoms with E-state index in [1.54, 1.807) is 6.07 Å². The Bertz CT molecular complexity index is 512. The van der Waals surface area contributed by atoms with Crippen molar-refractivity contribution in [3.63, 3.8) is 0 Å². The molecule has 0 saturated carbocycles. The molecule has 1 atom stereocenters. The van der Waals surface area contributed by atoms with Gasteiger partial charge in [0.05, 0.1) is 6.04 Å². The van der Waals surface area contributed by atoms with Gasteiger partial charge < -0.3 is 15.7 Å². The Morgan fingerprint density at radius 2 is 2.16 bits per heavy atom. The van der Waals surface area contributed by atoms with E-state index in [1.807, 2.05) is 0 Å². The molecule has 1 saturated heterocycles. The zero-order valence-corrected chi connectivity index (χ0v) is 10.6. The molecule has 1 amide bonds. The largest absolute Gasteiger partial charge is 0.465 e. The van der Waals surface area contributed by atoms with Gasteiger partial charge in [0.25, 0.3) is 0 Å². The number of rotatable bonds is 1. The minimum atomic E-state index is -1.04. The second kappa shape index (κ2) is 4.49. The molecule has 0 radical (unpaired) electrons. The summed E-state index contributed by atoms with van der Waals surface area (Å²) in [5, 5.41) is 15.0. The number of piperidine rings is 1. The van der Waals surface area contributed by atoms with Crippen LogP contribution in [0.4, 0.5) is 9.18 Å². The number of carboxylic acid groups (broad SMARTS) is 1. The van der Waals surface area contributed by atoms with Crippen LogP contribution in [0.25, 0.3) is 0 Å². The number of halogens is 1. The first kappa shape index (κ1) is 12.4. The number of hydrogen-bond acceptors (Lipinski definition) is 2. The molecule has 3 N–H and O–H groups in total. The van der Waals surface area contributed by atoms with Crippen LogP contribution in [-0.4, -0.2) is 24.3 Å². The van der Waals surface area contributed by atoms with Gasteiger partial charge in [-0.25, -0.2) is 9.18 Å². The van der Waals surface area contributed by atoms with E-state index in [4.69, 9.17) is 5.11 Å². The lowest BCUT2D eigenvalue weighted by Crippen LogP contribution is -2.45. The van der Waals surface area contributed by atoms with Crippen LogP contribution in [0.5, 0.6) is 0 Å². The van der Waals surface area contributed by atoms with E-state index in [1.165, 1.54) is 12.1 Å². The topological polar surface area (TPSA) is 61.4 Å². The van der Waals surface area contributed by atoms with Crippen LogP contribution in [0.2, 0.25) is 0 Å². The molecular weight excluding hydrogens is 247 g/mol. The van der Waals surface area contributed by atoms with E-state index in [2.05, 4.69) is 10.6 Å². The van der Waals surface area contributed by atoms with E-state index in [-0.39, 0.29) is 17.3 Å². The second-order valence-corrected chi connectivity index (χ2v) is 5.51. The van der Waals surface area contributed by atoms with Crippen molar-refractivity contribution in [1.29, 1.82) is 0 Å². The monoisotopic (exact) mass is 264 g/mol. The normalized spacial score (nSPS) is 24.2. The molecule has 5 heteroatoms. The van der Waals surface area contributed by atoms with Crippen molar-refractivity contribution in [3.05, 3.63) is 35.1 Å². The number of nitrogens with one attached hydrogen (secondary N) is 2. The van der Waals surface area contributed by atoms with Gasteiger partial charge in [-0.15, -0.1) is 0 Å². The van der Waals surface area contributed by atoms with Crippen molar-refractivity contribution >= 4 is 6.09 Å². The van der Waals surface area contributed by atoms with E-state index in [0.717, 1.165) is 43.5 Å². The molecule has 19 heavy (non-hydrogen) atoms. The molecule has 1 aliphatic heterocycles. The smallest absolute Gasteiger partial charge is 0.405 e. The molecule has 1 aliphatic carbocycles. The summed E-state index contributed by atoms with van der Waals surface area (Å²) in [4.78, 5) is 11.1. The van der Waals surface area contributed by atoms with Gasteiger partial charge in [0.1, 0.15) is 5.82 Å². The number of amides is 1. The fraction of sp³-hybridized carbons (Fsp3) is 0.500. The van der Waals surface area contributed by atoms with Crippen LogP contribution in [0.3, 0.4) is 0 Å². The molecule has 1 fully saturated rings. The van der Waals surface area contributed by atoms with E-state index < -0.39 is 6.09 Å². The zero-order valence-electron chi connectivity index (χ0n) is 10.6. The van der Waals surface area contributed by atoms with Crippen LogP contribution in [0, 0.1) is 11.2 Å². The first-order valence-electron chi connectivity index (χ1n) is 6.59. The molecule has 4 nitrogen and oxygen atoms in total. The van der Waals surface area contributed by atoms with Crippen LogP contribution in [0.1, 0.15) is 30.0 Å². The molecule has 2 aliphatic rings. The first-order chi connectivity index (χ1) is 9.11. The van der Waals surface area contributed by atoms with Crippen molar-refractivity contribution in [2.24, 2.45) is 5.41 Å². The van der Waals surface area contributed by atoms with Crippen molar-refractivity contribution in [2.75, 3.05) is 13.1 Å². The zero-order chi connectivity index (χ0) is 13.5. The quantitative estimate of drug-likeness (QED) is 0.727. The second-order valence-electron chi connectivity index (χ2n) is 5.51. The molecule has 0 unspecified atom stereocenters. The fourth-order valence-electron chi connectivity index (χ4n) is 3.55. The molecule has 1 aromatic carbocycles. The Kier molecular flexibility index (Phi) is 2.93. The lowest BCUT2D eigenvalue weighted by molar-refractivity contribution is 0.134. The third kappa shape index (κ3) is 2.08. The van der Waals surface area contributed by atoms with Crippen LogP contribution >= 0.6 is 0 Å². The first-order valence-corrected chi connectivity index (χ1v) is 6.59. The summed E-state index contributed by atoms with van der Waals surface area (Å²) in [5.74, 6) is -0.304. The average Bonchev–Trinajstić information content (AvgIpc) is 2.64. The van der Waals surface area contributed by atoms with E-state index in [0.29, 0.717) is 0 Å². The average molecular weight is 264 g/mol. The summed E-state index contributed by atoms with van der Waals surface area (Å²) < 4.78 is 13.4. The predicted molar refractivity (Wildman–Crippen MR) is 68.5 cm³/mol. The van der Waals surface area contributed by atoms with Gasteiger partial charge in [0.15, 0.2) is 0 Å². The number of fused-ring (bicyclic) bond motifs is 1. The van der Waals surface area contributed by atoms with Gasteiger partial charge >= 0.3 is 6.09 Å². The molecule has 0 bridgehead atoms. The highest BCUT2D eigenvalue weighted by molar-refractivity contribution is 5.66. The number of carbonyl (C=O) groups is 1. The van der Waals surface area contributed by atoms with Gasteiger partial charge in [0, 0.05) is 5.41 Å². The Balaban J connectivity index is 2.01. The maximum absolute atomic E-state index is 13.4. The Hall–Kier alpha value is -1.62. The summed E-state index contributed by atoms with van der Waals surface area (Å²) in [6.45, 7) is 1.77. The minimum Gasteiger partial charge on any atom is -0.465 e. The maximum Gasteiger partial charge on any atom is 0.405 e. The lowest BCUT2D eigenvalue weighted by Gasteiger charge is -2.39. The minimum absolute atomic E-state index is 0.0975. The third-order valence-electron chi connectivity index (χ3n) is 4.44. The molecule has 0 aromatic heterocycles. The highest BCUT2D eigenvalue weighted by Gasteiger charge is 2.47. The molecule has 102 valence electrons. The van der Waals surface area contributed by atoms with Crippen molar-refractivity contribution in [2.45, 2.75) is 25.3 Å². The molecule has 1 heterocycles. The predicted octanol–water partition coefficient (Wildman–Crippen LogP) is 2.06. The van der Waals surface area contributed by atoms with Gasteiger partial charge in [-0.3, -0.25) is 0 Å². The maximum atomic E-state index is 13.4. The van der Waals surface area contributed by atoms with Crippen molar-refractivity contribution < 1.29 is 14.3 Å². The van der Waals surface area contributed by atoms with Crippen molar-refractivity contribution in [1.82, 2.24) is 10.6 Å². The highest BCUT2D eigenvalue weighted by atomic mass is 19.1. The molecule has 1 aromatic rings. The van der Waals surface area contributed by atoms with Crippen LogP contribution in [0.15, 0.2) is 18.2 Å². The standard InChI is InChI=1S/C14H17FN2O2/c15-10-2-1-9-8-14(3-5-16-6-4-14)12(11(9)7-10)17-13(18)19/h1-2,7,12,16-17H,3-6,8H2,(H,18,19)/t12-/m1/s1. The van der Waals surface area contributed by atoms with Crippen LogP contribution in [-0.2, 0) is 6.42 Å². The highest BCUT2D eigenvalue weighted by Crippen LogP contribution is 2.51. The summed E-state index contributed by atoms with van der Waals surface area (Å²) in [6.07, 6.45) is 1.61. The number of hydrogen-bond donors (Lipinski definition) is 3. The van der Waals surface area contributed by atoms with Gasteiger partial charge in [0.2, 0.25) is 0 Å². The van der Waals surface area contributed by atoms with Gasteiger partial charge in [-0.05, 0) is 55.6 Å². The summed E-state index contributed by atoms with van der Waals surface area (Å²) in [7, 11) is 0. The molecule has 1 spiro atoms. The summed E-state index contributed by atoms with van der Waals surface area (Å²) in [5.41, 5.74) is 1.78. The Morgan fingerprint density at radius 3 is 2.84 bits per heavy atom. The summed E-state index contributed by atoms with van der Waals surface area (Å²) >= 11 is 0. The Morgan fingerprint density at radius 1 is 1.42 bits per heavy atom. The Labute approximate surface area is 111 Å². The van der Waals surface area contributed by atoms with E-state index in [9.17, 15) is 9.18 Å². The van der Waals surface area contributed by atoms with Gasteiger partial charge in [-0.2, -0.15) is 0 Å².